The zero-order valence-electron chi connectivity index (χ0n) is 21.6. The molecule has 38 heavy (non-hydrogen) atoms. The Morgan fingerprint density at radius 1 is 0.842 bits per heavy atom. The molecule has 1 atom stereocenters. The Labute approximate surface area is 220 Å². The smallest absolute Gasteiger partial charge is 0.300 e. The van der Waals surface area contributed by atoms with Crippen LogP contribution in [-0.2, 0) is 9.59 Å². The third-order valence-electron chi connectivity index (χ3n) is 6.12. The number of aromatic hydroxyl groups is 1. The molecule has 4 rings (SSSR count). The van der Waals surface area contributed by atoms with Crippen LogP contribution in [0.25, 0.3) is 5.76 Å². The molecular formula is C29H29NO8. The van der Waals surface area contributed by atoms with Gasteiger partial charge in [-0.2, -0.15) is 0 Å². The molecule has 3 aromatic carbocycles. The highest BCUT2D eigenvalue weighted by molar-refractivity contribution is 6.51. The highest BCUT2D eigenvalue weighted by Gasteiger charge is 2.47. The summed E-state index contributed by atoms with van der Waals surface area (Å²) in [6.45, 7) is 4.44. The number of aliphatic hydroxyl groups excluding tert-OH is 1. The maximum atomic E-state index is 13.5. The van der Waals surface area contributed by atoms with Crippen LogP contribution in [0.15, 0.2) is 66.2 Å². The van der Waals surface area contributed by atoms with Gasteiger partial charge in [-0.25, -0.2) is 0 Å². The number of amides is 1. The Hall–Kier alpha value is -4.66. The summed E-state index contributed by atoms with van der Waals surface area (Å²) in [5.41, 5.74) is 0.837. The fraction of sp³-hybridized carbons (Fsp3) is 0.241. The zero-order valence-corrected chi connectivity index (χ0v) is 21.6. The maximum Gasteiger partial charge on any atom is 0.300 e. The van der Waals surface area contributed by atoms with Crippen LogP contribution >= 0.6 is 0 Å². The number of carbonyl (C=O) groups is 2. The fourth-order valence-electron chi connectivity index (χ4n) is 4.48. The van der Waals surface area contributed by atoms with E-state index in [1.165, 1.54) is 31.3 Å². The van der Waals surface area contributed by atoms with Crippen molar-refractivity contribution < 1.29 is 38.7 Å². The quantitative estimate of drug-likeness (QED) is 0.235. The first-order chi connectivity index (χ1) is 18.4. The molecule has 1 unspecified atom stereocenters. The third kappa shape index (κ3) is 4.70. The van der Waals surface area contributed by atoms with Gasteiger partial charge in [-0.3, -0.25) is 14.5 Å². The Bertz CT molecular complexity index is 1360. The molecule has 0 saturated carbocycles. The van der Waals surface area contributed by atoms with Gasteiger partial charge in [0, 0.05) is 11.8 Å². The summed E-state index contributed by atoms with van der Waals surface area (Å²) in [4.78, 5) is 28.4. The minimum atomic E-state index is -1.03. The number of methoxy groups -OCH3 is 2. The first kappa shape index (κ1) is 26.4. The zero-order chi connectivity index (χ0) is 27.4. The molecule has 0 radical (unpaired) electrons. The second kappa shape index (κ2) is 11.2. The lowest BCUT2D eigenvalue weighted by Crippen LogP contribution is -2.29. The van der Waals surface area contributed by atoms with Crippen molar-refractivity contribution >= 4 is 23.1 Å². The molecule has 0 spiro atoms. The van der Waals surface area contributed by atoms with Gasteiger partial charge in [-0.05, 0) is 55.8 Å². The summed E-state index contributed by atoms with van der Waals surface area (Å²) in [5, 5.41) is 21.4. The van der Waals surface area contributed by atoms with E-state index < -0.39 is 23.5 Å². The largest absolute Gasteiger partial charge is 0.508 e. The predicted octanol–water partition coefficient (Wildman–Crippen LogP) is 4.83. The van der Waals surface area contributed by atoms with Gasteiger partial charge in [0.15, 0.2) is 11.5 Å². The van der Waals surface area contributed by atoms with E-state index >= 15 is 0 Å². The van der Waals surface area contributed by atoms with Gasteiger partial charge < -0.3 is 29.2 Å². The van der Waals surface area contributed by atoms with E-state index in [-0.39, 0.29) is 28.4 Å². The topological polar surface area (TPSA) is 115 Å². The Kier molecular flexibility index (Phi) is 7.76. The van der Waals surface area contributed by atoms with Gasteiger partial charge in [0.1, 0.15) is 28.6 Å². The summed E-state index contributed by atoms with van der Waals surface area (Å²) in [7, 11) is 2.85. The summed E-state index contributed by atoms with van der Waals surface area (Å²) >= 11 is 0. The highest BCUT2D eigenvalue weighted by Crippen LogP contribution is 2.46. The Morgan fingerprint density at radius 2 is 1.45 bits per heavy atom. The average Bonchev–Trinajstić information content (AvgIpc) is 3.19. The minimum absolute atomic E-state index is 0.0109. The number of rotatable bonds is 9. The maximum absolute atomic E-state index is 13.5. The number of phenols is 1. The predicted molar refractivity (Wildman–Crippen MR) is 141 cm³/mol. The van der Waals surface area contributed by atoms with Crippen LogP contribution in [0.3, 0.4) is 0 Å². The van der Waals surface area contributed by atoms with Gasteiger partial charge in [0.25, 0.3) is 11.7 Å². The number of benzene rings is 3. The second-order valence-electron chi connectivity index (χ2n) is 8.30. The monoisotopic (exact) mass is 519 g/mol. The number of hydrogen-bond donors (Lipinski definition) is 2. The molecule has 198 valence electrons. The molecule has 0 aliphatic carbocycles. The number of aliphatic hydroxyl groups is 1. The van der Waals surface area contributed by atoms with Crippen molar-refractivity contribution in [3.05, 3.63) is 77.4 Å². The van der Waals surface area contributed by atoms with Crippen LogP contribution in [0, 0.1) is 0 Å². The summed E-state index contributed by atoms with van der Waals surface area (Å²) in [6, 6.07) is 14.9. The first-order valence-corrected chi connectivity index (χ1v) is 12.1. The van der Waals surface area contributed by atoms with E-state index in [0.29, 0.717) is 36.0 Å². The number of phenolic OH excluding ortho intramolecular Hbond substituents is 1. The van der Waals surface area contributed by atoms with Crippen molar-refractivity contribution in [1.29, 1.82) is 0 Å². The van der Waals surface area contributed by atoms with Crippen LogP contribution in [0.2, 0.25) is 0 Å². The molecule has 1 heterocycles. The van der Waals surface area contributed by atoms with Gasteiger partial charge in [0.05, 0.1) is 39.0 Å². The highest BCUT2D eigenvalue weighted by atomic mass is 16.5. The lowest BCUT2D eigenvalue weighted by Gasteiger charge is -2.26. The Balaban J connectivity index is 1.98. The molecule has 9 nitrogen and oxygen atoms in total. The van der Waals surface area contributed by atoms with E-state index in [0.717, 1.165) is 0 Å². The van der Waals surface area contributed by atoms with Crippen molar-refractivity contribution in [2.24, 2.45) is 0 Å². The first-order valence-electron chi connectivity index (χ1n) is 12.1. The number of nitrogens with zero attached hydrogens (tertiary/aromatic N) is 1. The van der Waals surface area contributed by atoms with Crippen LogP contribution in [0.5, 0.6) is 28.7 Å². The van der Waals surface area contributed by atoms with Crippen molar-refractivity contribution in [1.82, 2.24) is 0 Å². The lowest BCUT2D eigenvalue weighted by molar-refractivity contribution is -0.132. The molecule has 1 amide bonds. The number of Topliss-reactive ketones (excluding diaryl/α,β-unsaturated/α-hetero) is 1. The van der Waals surface area contributed by atoms with Gasteiger partial charge in [0.2, 0.25) is 0 Å². The van der Waals surface area contributed by atoms with E-state index in [9.17, 15) is 19.8 Å². The standard InChI is InChI=1S/C29H29NO8/c1-5-37-20-15-12-18(16-23(20)38-6-2)30-26(17-10-13-19(31)14-11-17)25(28(33)29(30)34)27(32)24-21(35-3)8-7-9-22(24)36-4/h7-16,26,31-32H,5-6H2,1-4H3/b27-25+. The van der Waals surface area contributed by atoms with Crippen molar-refractivity contribution in [2.75, 3.05) is 32.3 Å². The molecule has 0 bridgehead atoms. The molecule has 1 aliphatic heterocycles. The third-order valence-corrected chi connectivity index (χ3v) is 6.12. The summed E-state index contributed by atoms with van der Waals surface area (Å²) in [5.74, 6) is -0.745. The van der Waals surface area contributed by atoms with Crippen molar-refractivity contribution in [2.45, 2.75) is 19.9 Å². The van der Waals surface area contributed by atoms with Gasteiger partial charge >= 0.3 is 0 Å². The molecule has 2 N–H and O–H groups in total. The minimum Gasteiger partial charge on any atom is -0.508 e. The lowest BCUT2D eigenvalue weighted by atomic mass is 9.94. The van der Waals surface area contributed by atoms with Crippen LogP contribution in [0.1, 0.15) is 31.0 Å². The second-order valence-corrected chi connectivity index (χ2v) is 8.30. The van der Waals surface area contributed by atoms with Crippen LogP contribution in [0.4, 0.5) is 5.69 Å². The SMILES string of the molecule is CCOc1ccc(N2C(=O)C(=O)/C(=C(/O)c3c(OC)cccc3OC)C2c2ccc(O)cc2)cc1OCC. The molecule has 0 aromatic heterocycles. The number of ketones is 1. The van der Waals surface area contributed by atoms with Gasteiger partial charge in [-0.15, -0.1) is 0 Å². The average molecular weight is 520 g/mol. The summed E-state index contributed by atoms with van der Waals surface area (Å²) < 4.78 is 22.2. The normalized spacial score (nSPS) is 16.4. The molecule has 3 aromatic rings. The van der Waals surface area contributed by atoms with E-state index in [2.05, 4.69) is 0 Å². The number of anilines is 1. The Morgan fingerprint density at radius 3 is 2.03 bits per heavy atom. The van der Waals surface area contributed by atoms with Crippen molar-refractivity contribution in [3.63, 3.8) is 0 Å². The van der Waals surface area contributed by atoms with E-state index in [1.54, 1.807) is 48.5 Å². The number of ether oxygens (including phenoxy) is 4. The molecule has 9 heteroatoms. The van der Waals surface area contributed by atoms with E-state index in [1.807, 2.05) is 13.8 Å². The fourth-order valence-corrected chi connectivity index (χ4v) is 4.48. The van der Waals surface area contributed by atoms with Crippen molar-refractivity contribution in [3.8, 4) is 28.7 Å². The van der Waals surface area contributed by atoms with Crippen LogP contribution in [-0.4, -0.2) is 49.3 Å². The van der Waals surface area contributed by atoms with Crippen LogP contribution < -0.4 is 23.8 Å². The number of carbonyl (C=O) groups excluding carboxylic acids is 2. The summed E-state index contributed by atoms with van der Waals surface area (Å²) in [6.07, 6.45) is 0. The molecule has 1 fully saturated rings. The molecular weight excluding hydrogens is 490 g/mol. The number of hydrogen-bond acceptors (Lipinski definition) is 8. The van der Waals surface area contributed by atoms with E-state index in [4.69, 9.17) is 18.9 Å². The molecule has 1 aliphatic rings. The molecule has 1 saturated heterocycles. The van der Waals surface area contributed by atoms with Gasteiger partial charge in [-0.1, -0.05) is 18.2 Å².